The van der Waals surface area contributed by atoms with Gasteiger partial charge in [0.05, 0.1) is 11.8 Å². The second-order valence-electron chi connectivity index (χ2n) is 5.08. The third-order valence-corrected chi connectivity index (χ3v) is 3.55. The van der Waals surface area contributed by atoms with Gasteiger partial charge in [-0.3, -0.25) is 0 Å². The van der Waals surface area contributed by atoms with E-state index in [0.717, 1.165) is 12.6 Å². The summed E-state index contributed by atoms with van der Waals surface area (Å²) in [5.41, 5.74) is 6.24. The van der Waals surface area contributed by atoms with Crippen LogP contribution in [0, 0.1) is 5.82 Å². The molecule has 22 heavy (non-hydrogen) atoms. The number of aromatic hydroxyl groups is 1. The van der Waals surface area contributed by atoms with Crippen molar-refractivity contribution in [3.8, 4) is 17.1 Å². The number of halogens is 2. The summed E-state index contributed by atoms with van der Waals surface area (Å²) in [5, 5.41) is 10.3. The molecule has 5 nitrogen and oxygen atoms in total. The fourth-order valence-corrected chi connectivity index (χ4v) is 2.18. The van der Waals surface area contributed by atoms with Crippen LogP contribution in [-0.4, -0.2) is 34.7 Å². The third kappa shape index (κ3) is 3.64. The van der Waals surface area contributed by atoms with E-state index in [1.807, 2.05) is 6.92 Å². The second kappa shape index (κ2) is 6.89. The van der Waals surface area contributed by atoms with Crippen LogP contribution in [0.3, 0.4) is 0 Å². The standard InChI is InChI=1S/C15H18ClFN4O/c1-3-10(18)8-21(2)15-12(17)7-19-14(20-15)11-6-9(16)4-5-13(11)22/h4-7,10,22H,3,8,18H2,1-2H3. The molecule has 2 rings (SSSR count). The van der Waals surface area contributed by atoms with Crippen molar-refractivity contribution in [2.45, 2.75) is 19.4 Å². The molecule has 1 atom stereocenters. The quantitative estimate of drug-likeness (QED) is 0.884. The van der Waals surface area contributed by atoms with Gasteiger partial charge in [0.15, 0.2) is 17.5 Å². The van der Waals surface area contributed by atoms with E-state index < -0.39 is 5.82 Å². The number of hydrogen-bond acceptors (Lipinski definition) is 5. The average Bonchev–Trinajstić information content (AvgIpc) is 2.50. The summed E-state index contributed by atoms with van der Waals surface area (Å²) in [5.74, 6) is -0.229. The number of phenolic OH excluding ortho intramolecular Hbond substituents is 1. The number of rotatable bonds is 5. The van der Waals surface area contributed by atoms with Crippen LogP contribution in [0.1, 0.15) is 13.3 Å². The van der Waals surface area contributed by atoms with Gasteiger partial charge in [-0.1, -0.05) is 18.5 Å². The molecule has 1 aromatic heterocycles. The van der Waals surface area contributed by atoms with E-state index in [4.69, 9.17) is 17.3 Å². The molecule has 0 saturated heterocycles. The van der Waals surface area contributed by atoms with Crippen molar-refractivity contribution in [3.05, 3.63) is 35.2 Å². The highest BCUT2D eigenvalue weighted by atomic mass is 35.5. The molecule has 1 unspecified atom stereocenters. The Morgan fingerprint density at radius 3 is 2.86 bits per heavy atom. The highest BCUT2D eigenvalue weighted by Gasteiger charge is 2.16. The maximum atomic E-state index is 14.0. The molecule has 7 heteroatoms. The predicted octanol–water partition coefficient (Wildman–Crippen LogP) is 2.82. The van der Waals surface area contributed by atoms with E-state index in [1.165, 1.54) is 12.1 Å². The Hall–Kier alpha value is -1.92. The number of benzene rings is 1. The molecule has 0 fully saturated rings. The number of nitrogens with zero attached hydrogens (tertiary/aromatic N) is 3. The Labute approximate surface area is 133 Å². The lowest BCUT2D eigenvalue weighted by Crippen LogP contribution is -2.35. The monoisotopic (exact) mass is 324 g/mol. The lowest BCUT2D eigenvalue weighted by molar-refractivity contribution is 0.476. The first kappa shape index (κ1) is 16.5. The smallest absolute Gasteiger partial charge is 0.183 e. The Morgan fingerprint density at radius 2 is 2.18 bits per heavy atom. The zero-order valence-corrected chi connectivity index (χ0v) is 13.2. The van der Waals surface area contributed by atoms with Crippen LogP contribution in [-0.2, 0) is 0 Å². The van der Waals surface area contributed by atoms with Crippen LogP contribution in [0.15, 0.2) is 24.4 Å². The van der Waals surface area contributed by atoms with Crippen LogP contribution >= 0.6 is 11.6 Å². The van der Waals surface area contributed by atoms with E-state index in [9.17, 15) is 9.50 Å². The van der Waals surface area contributed by atoms with Gasteiger partial charge >= 0.3 is 0 Å². The minimum Gasteiger partial charge on any atom is -0.507 e. The minimum atomic E-state index is -0.545. The van der Waals surface area contributed by atoms with Crippen LogP contribution < -0.4 is 10.6 Å². The zero-order chi connectivity index (χ0) is 16.3. The van der Waals surface area contributed by atoms with Crippen LogP contribution in [0.4, 0.5) is 10.2 Å². The number of likely N-dealkylation sites (N-methyl/N-ethyl adjacent to an activating group) is 1. The molecule has 0 aliphatic carbocycles. The van der Waals surface area contributed by atoms with Gasteiger partial charge in [0.1, 0.15) is 5.75 Å². The van der Waals surface area contributed by atoms with Gasteiger partial charge in [-0.05, 0) is 24.6 Å². The van der Waals surface area contributed by atoms with Gasteiger partial charge in [-0.25, -0.2) is 14.4 Å². The molecule has 0 spiro atoms. The van der Waals surface area contributed by atoms with Crippen molar-refractivity contribution in [1.82, 2.24) is 9.97 Å². The summed E-state index contributed by atoms with van der Waals surface area (Å²) >= 11 is 5.92. The minimum absolute atomic E-state index is 0.0186. The molecular formula is C15H18ClFN4O. The Balaban J connectivity index is 2.40. The molecule has 1 aromatic carbocycles. The number of phenols is 1. The fraction of sp³-hybridized carbons (Fsp3) is 0.333. The van der Waals surface area contributed by atoms with E-state index >= 15 is 0 Å². The predicted molar refractivity (Wildman–Crippen MR) is 85.6 cm³/mol. The maximum absolute atomic E-state index is 14.0. The number of nitrogens with two attached hydrogens (primary N) is 1. The van der Waals surface area contributed by atoms with Gasteiger partial charge in [0.25, 0.3) is 0 Å². The SMILES string of the molecule is CCC(N)CN(C)c1nc(-c2cc(Cl)ccc2O)ncc1F. The first-order valence-electron chi connectivity index (χ1n) is 6.90. The molecule has 0 saturated carbocycles. The summed E-state index contributed by atoms with van der Waals surface area (Å²) in [6, 6.07) is 4.45. The normalized spacial score (nSPS) is 12.2. The van der Waals surface area contributed by atoms with Crippen LogP contribution in [0.2, 0.25) is 5.02 Å². The second-order valence-corrected chi connectivity index (χ2v) is 5.51. The summed E-state index contributed by atoms with van der Waals surface area (Å²) in [7, 11) is 1.71. The molecule has 0 bridgehead atoms. The first-order chi connectivity index (χ1) is 10.4. The van der Waals surface area contributed by atoms with Crippen molar-refractivity contribution < 1.29 is 9.50 Å². The summed E-state index contributed by atoms with van der Waals surface area (Å²) in [6.45, 7) is 2.43. The maximum Gasteiger partial charge on any atom is 0.183 e. The van der Waals surface area contributed by atoms with Gasteiger partial charge in [0.2, 0.25) is 0 Å². The molecule has 0 amide bonds. The van der Waals surface area contributed by atoms with Gasteiger partial charge < -0.3 is 15.7 Å². The average molecular weight is 325 g/mol. The molecule has 3 N–H and O–H groups in total. The number of hydrogen-bond donors (Lipinski definition) is 2. The summed E-state index contributed by atoms with van der Waals surface area (Å²) in [4.78, 5) is 9.76. The summed E-state index contributed by atoms with van der Waals surface area (Å²) < 4.78 is 14.0. The summed E-state index contributed by atoms with van der Waals surface area (Å²) in [6.07, 6.45) is 1.85. The Kier molecular flexibility index (Phi) is 5.15. The molecule has 2 aromatic rings. The van der Waals surface area contributed by atoms with Gasteiger partial charge in [-0.15, -0.1) is 0 Å². The largest absolute Gasteiger partial charge is 0.507 e. The van der Waals surface area contributed by atoms with Crippen molar-refractivity contribution in [2.24, 2.45) is 5.73 Å². The van der Waals surface area contributed by atoms with Crippen molar-refractivity contribution in [2.75, 3.05) is 18.5 Å². The van der Waals surface area contributed by atoms with Crippen LogP contribution in [0.25, 0.3) is 11.4 Å². The van der Waals surface area contributed by atoms with E-state index in [0.29, 0.717) is 17.1 Å². The lowest BCUT2D eigenvalue weighted by Gasteiger charge is -2.22. The first-order valence-corrected chi connectivity index (χ1v) is 7.28. The third-order valence-electron chi connectivity index (χ3n) is 3.32. The highest BCUT2D eigenvalue weighted by molar-refractivity contribution is 6.30. The Morgan fingerprint density at radius 1 is 1.45 bits per heavy atom. The number of anilines is 1. The van der Waals surface area contributed by atoms with Gasteiger partial charge in [-0.2, -0.15) is 0 Å². The molecule has 1 heterocycles. The molecular weight excluding hydrogens is 307 g/mol. The highest BCUT2D eigenvalue weighted by Crippen LogP contribution is 2.30. The van der Waals surface area contributed by atoms with E-state index in [1.54, 1.807) is 18.0 Å². The van der Waals surface area contributed by atoms with Crippen molar-refractivity contribution in [1.29, 1.82) is 0 Å². The topological polar surface area (TPSA) is 75.3 Å². The lowest BCUT2D eigenvalue weighted by atomic mass is 10.2. The van der Waals surface area contributed by atoms with E-state index in [-0.39, 0.29) is 23.4 Å². The molecule has 0 aliphatic heterocycles. The van der Waals surface area contributed by atoms with Crippen LogP contribution in [0.5, 0.6) is 5.75 Å². The molecule has 0 radical (unpaired) electrons. The molecule has 0 aliphatic rings. The number of aromatic nitrogens is 2. The van der Waals surface area contributed by atoms with Crippen molar-refractivity contribution in [3.63, 3.8) is 0 Å². The zero-order valence-electron chi connectivity index (χ0n) is 12.4. The fourth-order valence-electron chi connectivity index (χ4n) is 2.01. The van der Waals surface area contributed by atoms with Crippen molar-refractivity contribution >= 4 is 17.4 Å². The Bertz CT molecular complexity index is 668. The van der Waals surface area contributed by atoms with E-state index in [2.05, 4.69) is 9.97 Å². The van der Waals surface area contributed by atoms with Gasteiger partial charge in [0, 0.05) is 24.7 Å². The molecule has 118 valence electrons.